The quantitative estimate of drug-likeness (QED) is 0.731. The number of hydrogen-bond acceptors (Lipinski definition) is 5. The second kappa shape index (κ2) is 8.42. The van der Waals surface area contributed by atoms with E-state index in [1.54, 1.807) is 17.6 Å². The summed E-state index contributed by atoms with van der Waals surface area (Å²) < 4.78 is 0. The van der Waals surface area contributed by atoms with Crippen LogP contribution in [0.2, 0.25) is 5.02 Å². The van der Waals surface area contributed by atoms with Gasteiger partial charge in [-0.2, -0.15) is 0 Å². The predicted molar refractivity (Wildman–Crippen MR) is 93.4 cm³/mol. The Balaban J connectivity index is 1.87. The molecule has 1 aromatic carbocycles. The highest BCUT2D eigenvalue weighted by Crippen LogP contribution is 2.20. The molecule has 126 valence electrons. The van der Waals surface area contributed by atoms with Crippen molar-refractivity contribution in [1.29, 1.82) is 0 Å². The molecule has 0 atom stereocenters. The lowest BCUT2D eigenvalue weighted by atomic mass is 10.2. The number of halogens is 1. The Kier molecular flexibility index (Phi) is 6.28. The van der Waals surface area contributed by atoms with Crippen LogP contribution in [0.25, 0.3) is 0 Å². The maximum Gasteiger partial charge on any atom is 0.252 e. The van der Waals surface area contributed by atoms with Crippen LogP contribution in [0.1, 0.15) is 23.7 Å². The molecule has 0 aliphatic rings. The van der Waals surface area contributed by atoms with Crippen LogP contribution in [0.5, 0.6) is 0 Å². The Labute approximate surface area is 147 Å². The van der Waals surface area contributed by atoms with Gasteiger partial charge in [-0.05, 0) is 18.2 Å². The van der Waals surface area contributed by atoms with Gasteiger partial charge in [0.05, 0.1) is 10.6 Å². The van der Waals surface area contributed by atoms with E-state index in [0.29, 0.717) is 10.8 Å². The van der Waals surface area contributed by atoms with E-state index in [0.717, 1.165) is 0 Å². The maximum atomic E-state index is 12.2. The lowest BCUT2D eigenvalue weighted by Crippen LogP contribution is -2.28. The molecule has 2 aromatic rings. The van der Waals surface area contributed by atoms with Crippen LogP contribution in [0, 0.1) is 0 Å². The number of carbonyl (C=O) groups excluding carboxylic acids is 3. The van der Waals surface area contributed by atoms with Crippen molar-refractivity contribution in [3.8, 4) is 0 Å². The molecule has 0 spiro atoms. The number of benzene rings is 1. The third-order valence-electron chi connectivity index (χ3n) is 2.85. The van der Waals surface area contributed by atoms with Gasteiger partial charge in [0.1, 0.15) is 0 Å². The molecule has 7 nitrogen and oxygen atoms in total. The summed E-state index contributed by atoms with van der Waals surface area (Å²) in [5.41, 5.74) is 0.696. The van der Waals surface area contributed by atoms with Gasteiger partial charge in [-0.1, -0.05) is 11.6 Å². The van der Waals surface area contributed by atoms with Gasteiger partial charge in [-0.25, -0.2) is 4.98 Å². The second-order valence-electron chi connectivity index (χ2n) is 4.77. The van der Waals surface area contributed by atoms with Gasteiger partial charge in [-0.15, -0.1) is 11.3 Å². The first-order chi connectivity index (χ1) is 11.5. The van der Waals surface area contributed by atoms with Gasteiger partial charge >= 0.3 is 0 Å². The zero-order valence-corrected chi connectivity index (χ0v) is 14.3. The summed E-state index contributed by atoms with van der Waals surface area (Å²) in [4.78, 5) is 38.9. The molecular formula is C15H15ClN4O3S. The molecule has 3 amide bonds. The van der Waals surface area contributed by atoms with Crippen LogP contribution in [-0.2, 0) is 9.59 Å². The summed E-state index contributed by atoms with van der Waals surface area (Å²) in [6.07, 6.45) is 1.69. The number of amides is 3. The smallest absolute Gasteiger partial charge is 0.252 e. The molecule has 0 aliphatic heterocycles. The molecule has 9 heteroatoms. The van der Waals surface area contributed by atoms with Crippen molar-refractivity contribution in [2.45, 2.75) is 13.3 Å². The zero-order valence-electron chi connectivity index (χ0n) is 12.8. The number of thiazole rings is 1. The van der Waals surface area contributed by atoms with Crippen molar-refractivity contribution in [1.82, 2.24) is 10.3 Å². The van der Waals surface area contributed by atoms with Gasteiger partial charge in [0, 0.05) is 37.2 Å². The van der Waals surface area contributed by atoms with Crippen LogP contribution >= 0.6 is 22.9 Å². The summed E-state index contributed by atoms with van der Waals surface area (Å²) >= 11 is 7.32. The largest absolute Gasteiger partial charge is 0.351 e. The van der Waals surface area contributed by atoms with Crippen LogP contribution in [-0.4, -0.2) is 29.3 Å². The highest BCUT2D eigenvalue weighted by atomic mass is 35.5. The van der Waals surface area contributed by atoms with Crippen LogP contribution in [0.3, 0.4) is 0 Å². The van der Waals surface area contributed by atoms with Crippen molar-refractivity contribution in [3.05, 3.63) is 40.4 Å². The molecule has 0 bridgehead atoms. The van der Waals surface area contributed by atoms with E-state index < -0.39 is 5.91 Å². The first kappa shape index (κ1) is 17.9. The van der Waals surface area contributed by atoms with E-state index in [4.69, 9.17) is 11.6 Å². The summed E-state index contributed by atoms with van der Waals surface area (Å²) in [5, 5.41) is 10.3. The van der Waals surface area contributed by atoms with Gasteiger partial charge in [0.2, 0.25) is 11.8 Å². The highest BCUT2D eigenvalue weighted by Gasteiger charge is 2.12. The predicted octanol–water partition coefficient (Wildman–Crippen LogP) is 2.51. The van der Waals surface area contributed by atoms with Gasteiger partial charge in [0.15, 0.2) is 5.13 Å². The Morgan fingerprint density at radius 3 is 2.71 bits per heavy atom. The lowest BCUT2D eigenvalue weighted by Gasteiger charge is -2.09. The van der Waals surface area contributed by atoms with E-state index in [9.17, 15) is 14.4 Å². The fourth-order valence-corrected chi connectivity index (χ4v) is 2.58. The normalized spacial score (nSPS) is 10.1. The number of carbonyl (C=O) groups is 3. The summed E-state index contributed by atoms with van der Waals surface area (Å²) in [5.74, 6) is -0.917. The van der Waals surface area contributed by atoms with Gasteiger partial charge in [0.25, 0.3) is 5.91 Å². The third kappa shape index (κ3) is 5.32. The highest BCUT2D eigenvalue weighted by molar-refractivity contribution is 7.13. The Bertz CT molecular complexity index is 749. The van der Waals surface area contributed by atoms with E-state index in [2.05, 4.69) is 20.9 Å². The fourth-order valence-electron chi connectivity index (χ4n) is 1.83. The average Bonchev–Trinajstić information content (AvgIpc) is 3.01. The van der Waals surface area contributed by atoms with Gasteiger partial charge < -0.3 is 16.0 Å². The van der Waals surface area contributed by atoms with Crippen molar-refractivity contribution in [3.63, 3.8) is 0 Å². The molecule has 0 aliphatic carbocycles. The third-order valence-corrected chi connectivity index (χ3v) is 3.87. The summed E-state index contributed by atoms with van der Waals surface area (Å²) in [7, 11) is 0. The standard InChI is InChI=1S/C15H15ClN4O3S/c1-9(21)19-10-2-3-12(16)11(8-10)14(23)17-5-4-13(22)20-15-18-6-7-24-15/h2-3,6-8H,4-5H2,1H3,(H,17,23)(H,19,21)(H,18,20,22). The number of nitrogens with zero attached hydrogens (tertiary/aromatic N) is 1. The number of rotatable bonds is 6. The van der Waals surface area contributed by atoms with Crippen molar-refractivity contribution >= 4 is 51.5 Å². The molecule has 0 saturated carbocycles. The lowest BCUT2D eigenvalue weighted by molar-refractivity contribution is -0.116. The van der Waals surface area contributed by atoms with Crippen molar-refractivity contribution in [2.24, 2.45) is 0 Å². The molecule has 2 rings (SSSR count). The van der Waals surface area contributed by atoms with E-state index >= 15 is 0 Å². The number of hydrogen-bond donors (Lipinski definition) is 3. The number of anilines is 2. The molecular weight excluding hydrogens is 352 g/mol. The first-order valence-corrected chi connectivity index (χ1v) is 8.26. The SMILES string of the molecule is CC(=O)Nc1ccc(Cl)c(C(=O)NCCC(=O)Nc2nccs2)c1. The Hall–Kier alpha value is -2.45. The molecule has 0 unspecified atom stereocenters. The van der Waals surface area contributed by atoms with Crippen LogP contribution in [0.15, 0.2) is 29.8 Å². The molecule has 1 heterocycles. The fraction of sp³-hybridized carbons (Fsp3) is 0.200. The van der Waals surface area contributed by atoms with Gasteiger partial charge in [-0.3, -0.25) is 14.4 Å². The monoisotopic (exact) mass is 366 g/mol. The van der Waals surface area contributed by atoms with Crippen LogP contribution in [0.4, 0.5) is 10.8 Å². The summed E-state index contributed by atoms with van der Waals surface area (Å²) in [6.45, 7) is 1.52. The minimum atomic E-state index is -0.422. The van der Waals surface area contributed by atoms with Crippen molar-refractivity contribution in [2.75, 3.05) is 17.2 Å². The number of nitrogens with one attached hydrogen (secondary N) is 3. The van der Waals surface area contributed by atoms with E-state index in [1.807, 2.05) is 0 Å². The minimum absolute atomic E-state index is 0.105. The van der Waals surface area contributed by atoms with Crippen LogP contribution < -0.4 is 16.0 Å². The molecule has 24 heavy (non-hydrogen) atoms. The second-order valence-corrected chi connectivity index (χ2v) is 6.07. The summed E-state index contributed by atoms with van der Waals surface area (Å²) in [6, 6.07) is 4.60. The van der Waals surface area contributed by atoms with E-state index in [-0.39, 0.29) is 35.4 Å². The Morgan fingerprint density at radius 1 is 1.25 bits per heavy atom. The molecule has 0 saturated heterocycles. The zero-order chi connectivity index (χ0) is 17.5. The molecule has 1 aromatic heterocycles. The number of aromatic nitrogens is 1. The topological polar surface area (TPSA) is 100 Å². The maximum absolute atomic E-state index is 12.2. The Morgan fingerprint density at radius 2 is 2.04 bits per heavy atom. The molecule has 0 radical (unpaired) electrons. The molecule has 0 fully saturated rings. The van der Waals surface area contributed by atoms with E-state index in [1.165, 1.54) is 30.4 Å². The molecule has 3 N–H and O–H groups in total. The first-order valence-electron chi connectivity index (χ1n) is 7.00. The minimum Gasteiger partial charge on any atom is -0.351 e. The average molecular weight is 367 g/mol. The van der Waals surface area contributed by atoms with Crippen molar-refractivity contribution < 1.29 is 14.4 Å².